The summed E-state index contributed by atoms with van der Waals surface area (Å²) in [6.07, 6.45) is -0.00649. The fraction of sp³-hybridized carbons (Fsp3) is 0.273. The molecule has 1 aliphatic rings. The van der Waals surface area contributed by atoms with E-state index in [2.05, 4.69) is 26.6 Å². The van der Waals surface area contributed by atoms with Crippen LogP contribution in [-0.4, -0.2) is 24.1 Å². The predicted molar refractivity (Wildman–Crippen MR) is 122 cm³/mol. The number of carbonyl (C=O) groups excluding carboxylic acids is 1. The summed E-state index contributed by atoms with van der Waals surface area (Å²) in [6, 6.07) is 13.1. The first-order valence-electron chi connectivity index (χ1n) is 9.24. The third-order valence-electron chi connectivity index (χ3n) is 4.45. The Morgan fingerprint density at radius 3 is 2.48 bits per heavy atom. The number of thiocarbonyl (C=S) groups is 1. The monoisotopic (exact) mass is 474 g/mol. The largest absolute Gasteiger partial charge is 0.493 e. The molecule has 0 aromatic heterocycles. The van der Waals surface area contributed by atoms with Crippen molar-refractivity contribution in [3.63, 3.8) is 0 Å². The van der Waals surface area contributed by atoms with Gasteiger partial charge in [0.2, 0.25) is 0 Å². The van der Waals surface area contributed by atoms with E-state index >= 15 is 0 Å². The van der Waals surface area contributed by atoms with Crippen LogP contribution in [0.3, 0.4) is 0 Å². The molecule has 0 saturated heterocycles. The van der Waals surface area contributed by atoms with Crippen molar-refractivity contribution in [2.24, 2.45) is 0 Å². The van der Waals surface area contributed by atoms with Gasteiger partial charge >= 0.3 is 0 Å². The van der Waals surface area contributed by atoms with Crippen molar-refractivity contribution >= 4 is 44.7 Å². The molecule has 2 aromatic carbocycles. The minimum absolute atomic E-state index is 0.00649. The van der Waals surface area contributed by atoms with Crippen LogP contribution in [0.4, 0.5) is 0 Å². The van der Waals surface area contributed by atoms with Crippen LogP contribution in [0.15, 0.2) is 52.5 Å². The summed E-state index contributed by atoms with van der Waals surface area (Å²) in [5.74, 6) is 1.16. The average molecular weight is 475 g/mol. The number of ketones is 1. The first-order valence-corrected chi connectivity index (χ1v) is 10.4. The maximum atomic E-state index is 12.7. The van der Waals surface area contributed by atoms with Gasteiger partial charge in [-0.05, 0) is 72.2 Å². The van der Waals surface area contributed by atoms with Gasteiger partial charge in [-0.15, -0.1) is 0 Å². The highest BCUT2D eigenvalue weighted by Gasteiger charge is 2.31. The Kier molecular flexibility index (Phi) is 6.59. The van der Waals surface area contributed by atoms with Crippen LogP contribution in [-0.2, 0) is 4.79 Å². The highest BCUT2D eigenvalue weighted by Crippen LogP contribution is 2.41. The van der Waals surface area contributed by atoms with Crippen molar-refractivity contribution in [3.8, 4) is 11.5 Å². The number of rotatable bonds is 6. The van der Waals surface area contributed by atoms with Crippen molar-refractivity contribution in [2.75, 3.05) is 7.11 Å². The maximum absolute atomic E-state index is 12.7. The SMILES string of the molecule is COc1cc([C@@H]2NC(=S)NC(c3ccccc3)=C2C(C)=O)cc(Br)c1OC(C)C. The lowest BCUT2D eigenvalue weighted by molar-refractivity contribution is -0.113. The Morgan fingerprint density at radius 1 is 1.21 bits per heavy atom. The molecule has 0 fully saturated rings. The van der Waals surface area contributed by atoms with Gasteiger partial charge in [0.05, 0.1) is 29.4 Å². The molecule has 0 bridgehead atoms. The zero-order chi connectivity index (χ0) is 21.1. The molecule has 3 rings (SSSR count). The van der Waals surface area contributed by atoms with E-state index in [1.54, 1.807) is 14.0 Å². The molecule has 2 N–H and O–H groups in total. The molecular formula is C22H23BrN2O3S. The quantitative estimate of drug-likeness (QED) is 0.588. The van der Waals surface area contributed by atoms with Gasteiger partial charge in [-0.2, -0.15) is 0 Å². The smallest absolute Gasteiger partial charge is 0.175 e. The van der Waals surface area contributed by atoms with Crippen molar-refractivity contribution in [1.29, 1.82) is 0 Å². The third-order valence-corrected chi connectivity index (χ3v) is 5.26. The lowest BCUT2D eigenvalue weighted by Crippen LogP contribution is -2.44. The normalized spacial score (nSPS) is 16.3. The molecule has 0 saturated carbocycles. The van der Waals surface area contributed by atoms with Gasteiger partial charge in [0.1, 0.15) is 0 Å². The maximum Gasteiger partial charge on any atom is 0.175 e. The van der Waals surface area contributed by atoms with Gasteiger partial charge in [0.25, 0.3) is 0 Å². The lowest BCUT2D eigenvalue weighted by atomic mass is 9.90. The number of hydrogen-bond acceptors (Lipinski definition) is 4. The van der Waals surface area contributed by atoms with E-state index in [0.29, 0.717) is 27.9 Å². The third kappa shape index (κ3) is 4.62. The van der Waals surface area contributed by atoms with Gasteiger partial charge in [-0.1, -0.05) is 30.3 Å². The minimum Gasteiger partial charge on any atom is -0.493 e. The fourth-order valence-corrected chi connectivity index (χ4v) is 4.06. The van der Waals surface area contributed by atoms with E-state index in [-0.39, 0.29) is 11.9 Å². The van der Waals surface area contributed by atoms with Gasteiger partial charge in [-0.25, -0.2) is 0 Å². The van der Waals surface area contributed by atoms with E-state index in [1.165, 1.54) is 0 Å². The van der Waals surface area contributed by atoms with Crippen LogP contribution in [0.1, 0.15) is 37.9 Å². The average Bonchev–Trinajstić information content (AvgIpc) is 2.68. The molecule has 29 heavy (non-hydrogen) atoms. The van der Waals surface area contributed by atoms with Gasteiger partial charge in [-0.3, -0.25) is 4.79 Å². The Hall–Kier alpha value is -2.38. The van der Waals surface area contributed by atoms with Gasteiger partial charge in [0, 0.05) is 5.57 Å². The first kappa shape index (κ1) is 21.3. The Bertz CT molecular complexity index is 974. The predicted octanol–water partition coefficient (Wildman–Crippen LogP) is 4.76. The Balaban J connectivity index is 2.17. The zero-order valence-corrected chi connectivity index (χ0v) is 19.1. The van der Waals surface area contributed by atoms with Crippen molar-refractivity contribution < 1.29 is 14.3 Å². The molecule has 5 nitrogen and oxygen atoms in total. The summed E-state index contributed by atoms with van der Waals surface area (Å²) in [5.41, 5.74) is 3.06. The van der Waals surface area contributed by atoms with Crippen LogP contribution in [0, 0.1) is 0 Å². The second kappa shape index (κ2) is 8.97. The molecule has 0 spiro atoms. The van der Waals surface area contributed by atoms with Crippen molar-refractivity contribution in [2.45, 2.75) is 32.9 Å². The van der Waals surface area contributed by atoms with E-state index in [0.717, 1.165) is 15.6 Å². The number of halogens is 1. The van der Waals surface area contributed by atoms with Crippen molar-refractivity contribution in [1.82, 2.24) is 10.6 Å². The molecule has 1 heterocycles. The van der Waals surface area contributed by atoms with Crippen LogP contribution < -0.4 is 20.1 Å². The Labute approximate surface area is 184 Å². The van der Waals surface area contributed by atoms with Crippen LogP contribution >= 0.6 is 28.1 Å². The Morgan fingerprint density at radius 2 is 1.90 bits per heavy atom. The topological polar surface area (TPSA) is 59.6 Å². The number of ether oxygens (including phenoxy) is 2. The summed E-state index contributed by atoms with van der Waals surface area (Å²) in [5, 5.41) is 6.84. The number of hydrogen-bond donors (Lipinski definition) is 2. The molecule has 0 unspecified atom stereocenters. The van der Waals surface area contributed by atoms with E-state index in [9.17, 15) is 4.79 Å². The number of carbonyl (C=O) groups is 1. The zero-order valence-electron chi connectivity index (χ0n) is 16.7. The molecule has 0 radical (unpaired) electrons. The molecule has 1 atom stereocenters. The summed E-state index contributed by atoms with van der Waals surface area (Å²) in [4.78, 5) is 12.7. The molecule has 152 valence electrons. The number of Topliss-reactive ketones (excluding diaryl/α,β-unsaturated/α-hetero) is 1. The fourth-order valence-electron chi connectivity index (χ4n) is 3.28. The van der Waals surface area contributed by atoms with E-state index in [4.69, 9.17) is 21.7 Å². The summed E-state index contributed by atoms with van der Waals surface area (Å²) in [6.45, 7) is 5.47. The molecule has 1 aliphatic heterocycles. The highest BCUT2D eigenvalue weighted by molar-refractivity contribution is 9.10. The summed E-state index contributed by atoms with van der Waals surface area (Å²) >= 11 is 9.02. The van der Waals surface area contributed by atoms with E-state index < -0.39 is 6.04 Å². The highest BCUT2D eigenvalue weighted by atomic mass is 79.9. The molecule has 7 heteroatoms. The van der Waals surface area contributed by atoms with Crippen LogP contribution in [0.5, 0.6) is 11.5 Å². The molecule has 0 aliphatic carbocycles. The van der Waals surface area contributed by atoms with Crippen LogP contribution in [0.25, 0.3) is 5.70 Å². The second-order valence-corrected chi connectivity index (χ2v) is 8.21. The van der Waals surface area contributed by atoms with Crippen molar-refractivity contribution in [3.05, 3.63) is 63.6 Å². The first-order chi connectivity index (χ1) is 13.8. The lowest BCUT2D eigenvalue weighted by Gasteiger charge is -2.32. The van der Waals surface area contributed by atoms with Gasteiger partial charge < -0.3 is 20.1 Å². The number of nitrogens with one attached hydrogen (secondary N) is 2. The molecular weight excluding hydrogens is 452 g/mol. The molecule has 0 amide bonds. The minimum atomic E-state index is -0.422. The molecule has 2 aromatic rings. The number of benzene rings is 2. The van der Waals surface area contributed by atoms with Crippen LogP contribution in [0.2, 0.25) is 0 Å². The van der Waals surface area contributed by atoms with E-state index in [1.807, 2.05) is 56.3 Å². The second-order valence-electron chi connectivity index (χ2n) is 6.94. The summed E-state index contributed by atoms with van der Waals surface area (Å²) in [7, 11) is 1.59. The van der Waals surface area contributed by atoms with Gasteiger partial charge in [0.15, 0.2) is 22.4 Å². The standard InChI is InChI=1S/C22H23BrN2O3S/c1-12(2)28-21-16(23)10-15(11-17(21)27-4)20-18(13(3)26)19(24-22(29)25-20)14-8-6-5-7-9-14/h5-12,20H,1-4H3,(H2,24,25,29)/t20-/m0/s1. The summed E-state index contributed by atoms with van der Waals surface area (Å²) < 4.78 is 12.2. The number of methoxy groups -OCH3 is 1.